The summed E-state index contributed by atoms with van der Waals surface area (Å²) in [6, 6.07) is 0. The van der Waals surface area contributed by atoms with Gasteiger partial charge in [-0.25, -0.2) is 4.39 Å². The highest BCUT2D eigenvalue weighted by atomic mass is 79.9. The summed E-state index contributed by atoms with van der Waals surface area (Å²) in [4.78, 5) is 0. The molecule has 0 aromatic carbocycles. The average Bonchev–Trinajstić information content (AvgIpc) is 1.31. The van der Waals surface area contributed by atoms with Crippen LogP contribution in [0.25, 0.3) is 0 Å². The highest BCUT2D eigenvalue weighted by molar-refractivity contribution is 9.09. The lowest BCUT2D eigenvalue weighted by Gasteiger charge is -2.02. The van der Waals surface area contributed by atoms with Crippen LogP contribution in [0.5, 0.6) is 0 Å². The van der Waals surface area contributed by atoms with Crippen molar-refractivity contribution in [2.75, 3.05) is 0 Å². The van der Waals surface area contributed by atoms with Gasteiger partial charge in [0.05, 0.1) is 0 Å². The minimum absolute atomic E-state index is 1.77. The molecule has 0 aliphatic rings. The van der Waals surface area contributed by atoms with Crippen LogP contribution in [0.4, 0.5) is 13.2 Å². The SMILES string of the molecule is [O]C(F)(F)C(F)Br. The highest BCUT2D eigenvalue weighted by Gasteiger charge is 2.37. The van der Waals surface area contributed by atoms with Crippen LogP contribution in [0.1, 0.15) is 0 Å². The Morgan fingerprint density at radius 2 is 1.71 bits per heavy atom. The summed E-state index contributed by atoms with van der Waals surface area (Å²) in [5.41, 5.74) is 0. The maximum Gasteiger partial charge on any atom is 0.421 e. The normalized spacial score (nSPS) is 16.7. The smallest absolute Gasteiger partial charge is 0.225 e. The first-order valence-corrected chi connectivity index (χ1v) is 2.22. The molecule has 0 aromatic heterocycles. The molecular weight excluding hydrogens is 177 g/mol. The van der Waals surface area contributed by atoms with E-state index in [1.807, 2.05) is 0 Å². The Morgan fingerprint density at radius 3 is 1.71 bits per heavy atom. The van der Waals surface area contributed by atoms with Crippen LogP contribution < -0.4 is 0 Å². The zero-order chi connectivity index (χ0) is 6.08. The van der Waals surface area contributed by atoms with Crippen molar-refractivity contribution in [3.05, 3.63) is 0 Å². The minimum atomic E-state index is -4.50. The standard InChI is InChI=1S/C2HBrF3O/c3-1(4)2(5,6)7/h1H. The zero-order valence-electron chi connectivity index (χ0n) is 3.00. The molecule has 0 heterocycles. The van der Waals surface area contributed by atoms with Crippen LogP contribution in [0.3, 0.4) is 0 Å². The quantitative estimate of drug-likeness (QED) is 0.544. The van der Waals surface area contributed by atoms with Crippen molar-refractivity contribution in [3.63, 3.8) is 0 Å². The molecule has 1 unspecified atom stereocenters. The Hall–Kier alpha value is 0.230. The van der Waals surface area contributed by atoms with Crippen molar-refractivity contribution < 1.29 is 18.3 Å². The van der Waals surface area contributed by atoms with Crippen molar-refractivity contribution >= 4 is 15.9 Å². The molecule has 0 bridgehead atoms. The van der Waals surface area contributed by atoms with Crippen molar-refractivity contribution in [1.29, 1.82) is 0 Å². The Labute approximate surface area is 46.3 Å². The van der Waals surface area contributed by atoms with E-state index in [9.17, 15) is 13.2 Å². The van der Waals surface area contributed by atoms with E-state index < -0.39 is 11.2 Å². The van der Waals surface area contributed by atoms with Crippen LogP contribution in [0, 0.1) is 0 Å². The topological polar surface area (TPSA) is 19.9 Å². The highest BCUT2D eigenvalue weighted by Crippen LogP contribution is 2.22. The molecular formula is C2HBrF3O. The Kier molecular flexibility index (Phi) is 2.07. The molecule has 5 heteroatoms. The summed E-state index contributed by atoms with van der Waals surface area (Å²) in [6.07, 6.45) is -4.50. The summed E-state index contributed by atoms with van der Waals surface area (Å²) in [5.74, 6) is 0. The van der Waals surface area contributed by atoms with E-state index in [2.05, 4.69) is 0 Å². The van der Waals surface area contributed by atoms with Gasteiger partial charge in [0.25, 0.3) is 0 Å². The first-order valence-electron chi connectivity index (χ1n) is 1.31. The number of alkyl halides is 4. The lowest BCUT2D eigenvalue weighted by atomic mass is 10.7. The second-order valence-corrected chi connectivity index (χ2v) is 1.67. The second kappa shape index (κ2) is 2.00. The fourth-order valence-corrected chi connectivity index (χ4v) is 0. The maximum absolute atomic E-state index is 11.1. The summed E-state index contributed by atoms with van der Waals surface area (Å²) in [5, 5.41) is 6.27. The first kappa shape index (κ1) is 7.23. The fraction of sp³-hybridized carbons (Fsp3) is 1.00. The number of hydrogen-bond donors (Lipinski definition) is 0. The summed E-state index contributed by atoms with van der Waals surface area (Å²) < 4.78 is 32.8. The molecule has 1 nitrogen and oxygen atoms in total. The molecule has 0 fully saturated rings. The van der Waals surface area contributed by atoms with Crippen LogP contribution in [-0.2, 0) is 5.11 Å². The largest absolute Gasteiger partial charge is 0.421 e. The van der Waals surface area contributed by atoms with Crippen LogP contribution in [0.15, 0.2) is 0 Å². The third-order valence-electron chi connectivity index (χ3n) is 0.254. The second-order valence-electron chi connectivity index (χ2n) is 0.862. The number of hydrogen-bond acceptors (Lipinski definition) is 0. The predicted molar refractivity (Wildman–Crippen MR) is 19.5 cm³/mol. The van der Waals surface area contributed by atoms with Gasteiger partial charge in [-0.1, -0.05) is 0 Å². The van der Waals surface area contributed by atoms with Gasteiger partial charge in [-0.3, -0.25) is 0 Å². The van der Waals surface area contributed by atoms with Crippen LogP contribution >= 0.6 is 15.9 Å². The average molecular weight is 178 g/mol. The lowest BCUT2D eigenvalue weighted by molar-refractivity contribution is -0.256. The molecule has 1 atom stereocenters. The van der Waals surface area contributed by atoms with E-state index in [0.29, 0.717) is 0 Å². The van der Waals surface area contributed by atoms with Gasteiger partial charge < -0.3 is 0 Å². The van der Waals surface area contributed by atoms with Crippen LogP contribution in [0.2, 0.25) is 0 Å². The molecule has 0 saturated heterocycles. The third kappa shape index (κ3) is 2.87. The lowest BCUT2D eigenvalue weighted by Crippen LogP contribution is -2.21. The van der Waals surface area contributed by atoms with Crippen molar-refractivity contribution in [2.24, 2.45) is 0 Å². The van der Waals surface area contributed by atoms with Gasteiger partial charge in [-0.05, 0) is 15.9 Å². The van der Waals surface area contributed by atoms with E-state index in [4.69, 9.17) is 5.11 Å². The molecule has 0 spiro atoms. The molecule has 0 aliphatic heterocycles. The molecule has 7 heavy (non-hydrogen) atoms. The molecule has 0 aromatic rings. The monoisotopic (exact) mass is 177 g/mol. The molecule has 0 aliphatic carbocycles. The Balaban J connectivity index is 3.54. The Bertz CT molecular complexity index is 58.4. The third-order valence-corrected chi connectivity index (χ3v) is 0.787. The van der Waals surface area contributed by atoms with E-state index in [-0.39, 0.29) is 0 Å². The van der Waals surface area contributed by atoms with Crippen molar-refractivity contribution in [1.82, 2.24) is 0 Å². The van der Waals surface area contributed by atoms with E-state index in [1.165, 1.54) is 0 Å². The molecule has 43 valence electrons. The summed E-state index contributed by atoms with van der Waals surface area (Å²) in [6.45, 7) is 0. The summed E-state index contributed by atoms with van der Waals surface area (Å²) >= 11 is 1.77. The van der Waals surface area contributed by atoms with Gasteiger partial charge in [0.1, 0.15) is 0 Å². The Morgan fingerprint density at radius 1 is 1.57 bits per heavy atom. The van der Waals surface area contributed by atoms with Gasteiger partial charge >= 0.3 is 6.11 Å². The van der Waals surface area contributed by atoms with E-state index in [1.54, 1.807) is 15.9 Å². The van der Waals surface area contributed by atoms with Crippen molar-refractivity contribution in [2.45, 2.75) is 11.2 Å². The van der Waals surface area contributed by atoms with Gasteiger partial charge in [-0.2, -0.15) is 13.9 Å². The molecule has 0 N–H and O–H groups in total. The van der Waals surface area contributed by atoms with Gasteiger partial charge in [0, 0.05) is 0 Å². The van der Waals surface area contributed by atoms with Crippen LogP contribution in [-0.4, -0.2) is 11.2 Å². The van der Waals surface area contributed by atoms with E-state index in [0.717, 1.165) is 0 Å². The fourth-order valence-electron chi connectivity index (χ4n) is 0. The van der Waals surface area contributed by atoms with Gasteiger partial charge in [0.2, 0.25) is 5.08 Å². The van der Waals surface area contributed by atoms with E-state index >= 15 is 0 Å². The maximum atomic E-state index is 11.1. The molecule has 1 radical (unpaired) electrons. The molecule has 0 rings (SSSR count). The number of rotatable bonds is 1. The molecule has 0 saturated carbocycles. The zero-order valence-corrected chi connectivity index (χ0v) is 4.58. The summed E-state index contributed by atoms with van der Waals surface area (Å²) in [7, 11) is 0. The minimum Gasteiger partial charge on any atom is -0.225 e. The van der Waals surface area contributed by atoms with Crippen molar-refractivity contribution in [3.8, 4) is 0 Å². The van der Waals surface area contributed by atoms with Gasteiger partial charge in [0.15, 0.2) is 0 Å². The molecule has 0 amide bonds. The van der Waals surface area contributed by atoms with Gasteiger partial charge in [-0.15, -0.1) is 0 Å². The first-order chi connectivity index (χ1) is 2.94. The predicted octanol–water partition coefficient (Wildman–Crippen LogP) is 1.70. The number of halogens is 4.